The van der Waals surface area contributed by atoms with Crippen molar-refractivity contribution in [1.82, 2.24) is 0 Å². The molecule has 0 aromatic heterocycles. The standard InChI is InChI=1S/C27H40O2/c1-3-4-7-12-23-13-15-24(16-14-23)27(19-10-6-11-20-27)21-22-29-25(28)26(2)17-8-5-9-18-26/h13-16,21-22H,3-12,17-20H2,1-2H3. The number of rotatable bonds is 8. The number of esters is 1. The smallest absolute Gasteiger partial charge is 0.316 e. The second-order valence-corrected chi connectivity index (χ2v) is 9.70. The van der Waals surface area contributed by atoms with Crippen molar-refractivity contribution in [2.75, 3.05) is 0 Å². The molecule has 2 aliphatic carbocycles. The molecule has 160 valence electrons. The van der Waals surface area contributed by atoms with Crippen LogP contribution >= 0.6 is 0 Å². The molecule has 3 rings (SSSR count). The van der Waals surface area contributed by atoms with Crippen LogP contribution in [0.1, 0.15) is 108 Å². The average Bonchev–Trinajstić information content (AvgIpc) is 2.75. The van der Waals surface area contributed by atoms with E-state index in [4.69, 9.17) is 4.74 Å². The second kappa shape index (κ2) is 10.5. The topological polar surface area (TPSA) is 26.3 Å². The molecule has 2 fully saturated rings. The van der Waals surface area contributed by atoms with E-state index in [1.807, 2.05) is 0 Å². The molecule has 1 aromatic carbocycles. The van der Waals surface area contributed by atoms with Crippen molar-refractivity contribution in [1.29, 1.82) is 0 Å². The summed E-state index contributed by atoms with van der Waals surface area (Å²) in [5.41, 5.74) is 2.55. The predicted molar refractivity (Wildman–Crippen MR) is 121 cm³/mol. The van der Waals surface area contributed by atoms with E-state index >= 15 is 0 Å². The number of unbranched alkanes of at least 4 members (excludes halogenated alkanes) is 2. The van der Waals surface area contributed by atoms with Crippen LogP contribution in [0.25, 0.3) is 0 Å². The summed E-state index contributed by atoms with van der Waals surface area (Å²) < 4.78 is 5.70. The number of carbonyl (C=O) groups excluding carboxylic acids is 1. The summed E-state index contributed by atoms with van der Waals surface area (Å²) in [6.07, 6.45) is 20.5. The molecule has 0 aliphatic heterocycles. The van der Waals surface area contributed by atoms with E-state index < -0.39 is 0 Å². The minimum absolute atomic E-state index is 0.0218. The van der Waals surface area contributed by atoms with Gasteiger partial charge in [-0.05, 0) is 62.7 Å². The molecule has 2 aliphatic rings. The maximum absolute atomic E-state index is 12.7. The van der Waals surface area contributed by atoms with Crippen LogP contribution in [0.3, 0.4) is 0 Å². The average molecular weight is 397 g/mol. The van der Waals surface area contributed by atoms with Gasteiger partial charge in [-0.2, -0.15) is 0 Å². The molecule has 0 N–H and O–H groups in total. The molecule has 0 heterocycles. The van der Waals surface area contributed by atoms with Crippen molar-refractivity contribution < 1.29 is 9.53 Å². The van der Waals surface area contributed by atoms with Gasteiger partial charge in [0.25, 0.3) is 0 Å². The zero-order valence-electron chi connectivity index (χ0n) is 18.7. The molecular formula is C27H40O2. The summed E-state index contributed by atoms with van der Waals surface area (Å²) in [6, 6.07) is 9.26. The number of carbonyl (C=O) groups is 1. The van der Waals surface area contributed by atoms with Gasteiger partial charge < -0.3 is 4.74 Å². The fraction of sp³-hybridized carbons (Fsp3) is 0.667. The quantitative estimate of drug-likeness (QED) is 0.256. The molecule has 0 spiro atoms. The molecule has 29 heavy (non-hydrogen) atoms. The highest BCUT2D eigenvalue weighted by molar-refractivity contribution is 5.77. The maximum Gasteiger partial charge on any atom is 0.316 e. The lowest BCUT2D eigenvalue weighted by atomic mass is 9.69. The van der Waals surface area contributed by atoms with E-state index in [1.54, 1.807) is 6.26 Å². The molecule has 0 amide bonds. The van der Waals surface area contributed by atoms with Crippen molar-refractivity contribution in [3.63, 3.8) is 0 Å². The summed E-state index contributed by atoms with van der Waals surface area (Å²) in [5, 5.41) is 0. The van der Waals surface area contributed by atoms with Gasteiger partial charge in [0.1, 0.15) is 0 Å². The van der Waals surface area contributed by atoms with E-state index in [2.05, 4.69) is 44.2 Å². The molecule has 0 radical (unpaired) electrons. The lowest BCUT2D eigenvalue weighted by Gasteiger charge is -2.35. The van der Waals surface area contributed by atoms with Crippen molar-refractivity contribution in [2.45, 2.75) is 109 Å². The Bertz CT molecular complexity index is 658. The van der Waals surface area contributed by atoms with Crippen LogP contribution in [0.4, 0.5) is 0 Å². The summed E-state index contributed by atoms with van der Waals surface area (Å²) in [6.45, 7) is 4.33. The first-order valence-corrected chi connectivity index (χ1v) is 12.1. The Morgan fingerprint density at radius 3 is 2.17 bits per heavy atom. The summed E-state index contributed by atoms with van der Waals surface area (Å²) in [7, 11) is 0. The Morgan fingerprint density at radius 2 is 1.55 bits per heavy atom. The van der Waals surface area contributed by atoms with E-state index in [1.165, 1.54) is 62.5 Å². The Labute approximate surface area is 178 Å². The molecule has 0 saturated heterocycles. The van der Waals surface area contributed by atoms with Gasteiger partial charge in [-0.25, -0.2) is 0 Å². The monoisotopic (exact) mass is 396 g/mol. The lowest BCUT2D eigenvalue weighted by molar-refractivity contribution is -0.150. The Hall–Kier alpha value is -1.57. The van der Waals surface area contributed by atoms with Crippen molar-refractivity contribution in [3.8, 4) is 0 Å². The number of hydrogen-bond donors (Lipinski definition) is 0. The highest BCUT2D eigenvalue weighted by atomic mass is 16.5. The van der Waals surface area contributed by atoms with Gasteiger partial charge in [-0.3, -0.25) is 4.79 Å². The second-order valence-electron chi connectivity index (χ2n) is 9.70. The Kier molecular flexibility index (Phi) is 7.98. The van der Waals surface area contributed by atoms with Crippen LogP contribution in [-0.2, 0) is 21.4 Å². The molecule has 1 aromatic rings. The van der Waals surface area contributed by atoms with Crippen molar-refractivity contribution in [3.05, 3.63) is 47.7 Å². The zero-order chi connectivity index (χ0) is 20.6. The van der Waals surface area contributed by atoms with Gasteiger partial charge in [0.2, 0.25) is 0 Å². The van der Waals surface area contributed by atoms with Gasteiger partial charge in [0.05, 0.1) is 11.7 Å². The first-order chi connectivity index (χ1) is 14.1. The molecule has 2 heteroatoms. The number of hydrogen-bond acceptors (Lipinski definition) is 2. The molecule has 2 nitrogen and oxygen atoms in total. The Morgan fingerprint density at radius 1 is 0.931 bits per heavy atom. The molecule has 0 bridgehead atoms. The Balaban J connectivity index is 1.68. The van der Waals surface area contributed by atoms with Gasteiger partial charge in [0.15, 0.2) is 0 Å². The minimum atomic E-state index is -0.289. The van der Waals surface area contributed by atoms with Crippen LogP contribution in [0.15, 0.2) is 36.6 Å². The minimum Gasteiger partial charge on any atom is -0.434 e. The van der Waals surface area contributed by atoms with Gasteiger partial charge >= 0.3 is 5.97 Å². The van der Waals surface area contributed by atoms with Crippen LogP contribution < -0.4 is 0 Å². The summed E-state index contributed by atoms with van der Waals surface area (Å²) >= 11 is 0. The van der Waals surface area contributed by atoms with E-state index in [9.17, 15) is 4.79 Å². The molecule has 2 saturated carbocycles. The van der Waals surface area contributed by atoms with E-state index in [-0.39, 0.29) is 16.8 Å². The van der Waals surface area contributed by atoms with Gasteiger partial charge in [0, 0.05) is 5.41 Å². The first kappa shape index (κ1) is 22.1. The number of aryl methyl sites for hydroxylation is 1. The van der Waals surface area contributed by atoms with Crippen LogP contribution in [0.5, 0.6) is 0 Å². The molecule has 0 atom stereocenters. The zero-order valence-corrected chi connectivity index (χ0v) is 18.7. The summed E-state index contributed by atoms with van der Waals surface area (Å²) in [4.78, 5) is 12.7. The number of allylic oxidation sites excluding steroid dienone is 1. The third-order valence-electron chi connectivity index (χ3n) is 7.36. The lowest BCUT2D eigenvalue weighted by Crippen LogP contribution is -2.31. The highest BCUT2D eigenvalue weighted by Crippen LogP contribution is 2.41. The van der Waals surface area contributed by atoms with Gasteiger partial charge in [-0.15, -0.1) is 0 Å². The van der Waals surface area contributed by atoms with Gasteiger partial charge in [-0.1, -0.05) is 82.6 Å². The first-order valence-electron chi connectivity index (χ1n) is 12.1. The van der Waals surface area contributed by atoms with Crippen LogP contribution in [0.2, 0.25) is 0 Å². The highest BCUT2D eigenvalue weighted by Gasteiger charge is 2.36. The SMILES string of the molecule is CCCCCc1ccc(C2(C=COC(=O)C3(C)CCCCC3)CCCCC2)cc1. The van der Waals surface area contributed by atoms with Crippen molar-refractivity contribution in [2.24, 2.45) is 5.41 Å². The number of ether oxygens (including phenoxy) is 1. The third kappa shape index (κ3) is 5.74. The fourth-order valence-electron chi connectivity index (χ4n) is 5.22. The summed E-state index contributed by atoms with van der Waals surface area (Å²) in [5.74, 6) is -0.0364. The van der Waals surface area contributed by atoms with Crippen molar-refractivity contribution >= 4 is 5.97 Å². The third-order valence-corrected chi connectivity index (χ3v) is 7.36. The van der Waals surface area contributed by atoms with E-state index in [0.717, 1.165) is 38.5 Å². The predicted octanol–water partition coefficient (Wildman–Crippen LogP) is 7.65. The largest absolute Gasteiger partial charge is 0.434 e. The van der Waals surface area contributed by atoms with Crippen LogP contribution in [-0.4, -0.2) is 5.97 Å². The fourth-order valence-corrected chi connectivity index (χ4v) is 5.22. The molecular weight excluding hydrogens is 356 g/mol. The maximum atomic E-state index is 12.7. The van der Waals surface area contributed by atoms with Crippen LogP contribution in [0, 0.1) is 5.41 Å². The normalized spacial score (nSPS) is 21.2. The van der Waals surface area contributed by atoms with E-state index in [0.29, 0.717) is 0 Å². The molecule has 0 unspecified atom stereocenters. The number of benzene rings is 1.